The average Bonchev–Trinajstić information content (AvgIpc) is 2.25. The Bertz CT molecular complexity index is 648. The van der Waals surface area contributed by atoms with Gasteiger partial charge in [-0.05, 0) is 18.2 Å². The minimum atomic E-state index is -0.559. The van der Waals surface area contributed by atoms with E-state index in [0.29, 0.717) is 5.52 Å². The van der Waals surface area contributed by atoms with E-state index in [-0.39, 0.29) is 5.39 Å². The Labute approximate surface area is 92.3 Å². The molecule has 0 spiro atoms. The largest absolute Gasteiger partial charge is 0.504 e. The van der Waals surface area contributed by atoms with Crippen LogP contribution in [-0.2, 0) is 0 Å². The van der Waals surface area contributed by atoms with Gasteiger partial charge in [0.25, 0.3) is 5.56 Å². The molecule has 0 aliphatic carbocycles. The molecule has 2 rings (SSSR count). The van der Waals surface area contributed by atoms with E-state index >= 15 is 0 Å². The van der Waals surface area contributed by atoms with Crippen LogP contribution in [0.25, 0.3) is 10.9 Å². The molecule has 0 saturated heterocycles. The van der Waals surface area contributed by atoms with Gasteiger partial charge in [-0.3, -0.25) is 9.59 Å². The van der Waals surface area contributed by atoms with Crippen LogP contribution in [0.15, 0.2) is 38.3 Å². The first-order chi connectivity index (χ1) is 7.08. The summed E-state index contributed by atoms with van der Waals surface area (Å²) in [7, 11) is 0. The zero-order valence-electron chi connectivity index (χ0n) is 7.45. The van der Waals surface area contributed by atoms with Crippen molar-refractivity contribution in [2.45, 2.75) is 0 Å². The van der Waals surface area contributed by atoms with Crippen molar-refractivity contribution in [3.63, 3.8) is 0 Å². The van der Waals surface area contributed by atoms with Crippen molar-refractivity contribution in [2.24, 2.45) is 0 Å². The number of nitrogens with one attached hydrogen (secondary N) is 1. The van der Waals surface area contributed by atoms with Gasteiger partial charge in [0.05, 0.1) is 5.52 Å². The lowest BCUT2D eigenvalue weighted by atomic mass is 10.2. The molecular formula is C10H6BrNO3. The summed E-state index contributed by atoms with van der Waals surface area (Å²) in [5.74, 6) is -0.548. The molecule has 0 aliphatic rings. The molecule has 2 aromatic rings. The lowest BCUT2D eigenvalue weighted by Crippen LogP contribution is -1.98. The Morgan fingerprint density at radius 1 is 1.20 bits per heavy atom. The summed E-state index contributed by atoms with van der Waals surface area (Å²) >= 11 is 3.23. The first kappa shape index (κ1) is 9.92. The van der Waals surface area contributed by atoms with Gasteiger partial charge >= 0.3 is 0 Å². The van der Waals surface area contributed by atoms with E-state index in [1.165, 1.54) is 6.07 Å². The van der Waals surface area contributed by atoms with Gasteiger partial charge in [0.15, 0.2) is 5.75 Å². The smallest absolute Gasteiger partial charge is 0.252 e. The molecule has 2 N–H and O–H groups in total. The van der Waals surface area contributed by atoms with Gasteiger partial charge in [-0.25, -0.2) is 0 Å². The Hall–Kier alpha value is -1.62. The highest BCUT2D eigenvalue weighted by Gasteiger charge is 2.03. The van der Waals surface area contributed by atoms with E-state index < -0.39 is 16.7 Å². The number of halogens is 1. The van der Waals surface area contributed by atoms with Crippen LogP contribution in [0.3, 0.4) is 0 Å². The Morgan fingerprint density at radius 2 is 1.93 bits per heavy atom. The van der Waals surface area contributed by atoms with Crippen LogP contribution in [0.1, 0.15) is 0 Å². The number of hydrogen-bond donors (Lipinski definition) is 2. The first-order valence-electron chi connectivity index (χ1n) is 4.14. The van der Waals surface area contributed by atoms with E-state index in [9.17, 15) is 14.7 Å². The van der Waals surface area contributed by atoms with Crippen molar-refractivity contribution in [1.29, 1.82) is 0 Å². The van der Waals surface area contributed by atoms with Crippen molar-refractivity contribution in [1.82, 2.24) is 4.98 Å². The number of H-pyrrole nitrogens is 1. The minimum Gasteiger partial charge on any atom is -0.504 e. The molecule has 0 saturated carbocycles. The molecule has 0 radical (unpaired) electrons. The number of aromatic hydroxyl groups is 1. The molecular weight excluding hydrogens is 262 g/mol. The van der Waals surface area contributed by atoms with Crippen LogP contribution in [0.4, 0.5) is 0 Å². The molecule has 0 unspecified atom stereocenters. The number of rotatable bonds is 0. The maximum atomic E-state index is 11.6. The monoisotopic (exact) mass is 267 g/mol. The molecule has 76 valence electrons. The van der Waals surface area contributed by atoms with E-state index in [1.807, 2.05) is 0 Å². The molecule has 0 atom stereocenters. The summed E-state index contributed by atoms with van der Waals surface area (Å²) in [6.45, 7) is 0. The van der Waals surface area contributed by atoms with Crippen LogP contribution in [0, 0.1) is 0 Å². The molecule has 4 nitrogen and oxygen atoms in total. The topological polar surface area (TPSA) is 70.2 Å². The number of hydrogen-bond acceptors (Lipinski definition) is 3. The molecule has 5 heteroatoms. The van der Waals surface area contributed by atoms with E-state index in [1.54, 1.807) is 12.1 Å². The zero-order valence-corrected chi connectivity index (χ0v) is 9.04. The highest BCUT2D eigenvalue weighted by atomic mass is 79.9. The molecule has 15 heavy (non-hydrogen) atoms. The number of aromatic amines is 1. The van der Waals surface area contributed by atoms with Gasteiger partial charge in [-0.2, -0.15) is 0 Å². The van der Waals surface area contributed by atoms with E-state index in [2.05, 4.69) is 20.9 Å². The second-order valence-corrected chi connectivity index (χ2v) is 3.95. The fourth-order valence-electron chi connectivity index (χ4n) is 1.31. The Balaban J connectivity index is 3.12. The third-order valence-electron chi connectivity index (χ3n) is 1.98. The van der Waals surface area contributed by atoms with Crippen LogP contribution in [0.2, 0.25) is 0 Å². The van der Waals surface area contributed by atoms with E-state index in [4.69, 9.17) is 0 Å². The molecule has 1 aromatic heterocycles. The number of fused-ring (bicyclic) bond motifs is 1. The van der Waals surface area contributed by atoms with Gasteiger partial charge in [-0.1, -0.05) is 15.9 Å². The van der Waals surface area contributed by atoms with Gasteiger partial charge in [0.1, 0.15) is 0 Å². The van der Waals surface area contributed by atoms with Crippen LogP contribution in [0.5, 0.6) is 5.75 Å². The minimum absolute atomic E-state index is 0.276. The van der Waals surface area contributed by atoms with Gasteiger partial charge < -0.3 is 10.1 Å². The third kappa shape index (κ3) is 1.78. The Kier molecular flexibility index (Phi) is 2.32. The van der Waals surface area contributed by atoms with Crippen LogP contribution < -0.4 is 11.0 Å². The second kappa shape index (κ2) is 3.51. The lowest BCUT2D eigenvalue weighted by molar-refractivity contribution is 0.471. The van der Waals surface area contributed by atoms with Gasteiger partial charge in [0, 0.05) is 15.9 Å². The normalized spacial score (nSPS) is 10.5. The number of aromatic nitrogens is 1. The summed E-state index contributed by atoms with van der Waals surface area (Å²) in [5, 5.41) is 9.56. The predicted molar refractivity (Wildman–Crippen MR) is 60.2 cm³/mol. The molecule has 0 fully saturated rings. The fourth-order valence-corrected chi connectivity index (χ4v) is 1.68. The quantitative estimate of drug-likeness (QED) is 0.757. The summed E-state index contributed by atoms with van der Waals surface area (Å²) in [6, 6.07) is 5.69. The molecule has 0 aliphatic heterocycles. The van der Waals surface area contributed by atoms with Crippen molar-refractivity contribution in [3.8, 4) is 5.75 Å². The Morgan fingerprint density at radius 3 is 2.67 bits per heavy atom. The summed E-state index contributed by atoms with van der Waals surface area (Å²) in [6.07, 6.45) is 0. The molecule has 1 aromatic carbocycles. The van der Waals surface area contributed by atoms with Gasteiger partial charge in [0.2, 0.25) is 5.43 Å². The first-order valence-corrected chi connectivity index (χ1v) is 4.93. The van der Waals surface area contributed by atoms with E-state index in [0.717, 1.165) is 10.5 Å². The lowest BCUT2D eigenvalue weighted by Gasteiger charge is -1.92. The summed E-state index contributed by atoms with van der Waals surface area (Å²) in [4.78, 5) is 25.3. The summed E-state index contributed by atoms with van der Waals surface area (Å²) < 4.78 is 0.746. The van der Waals surface area contributed by atoms with Crippen molar-refractivity contribution in [3.05, 3.63) is 49.3 Å². The summed E-state index contributed by atoms with van der Waals surface area (Å²) in [5.41, 5.74) is -0.687. The molecule has 0 amide bonds. The predicted octanol–water partition coefficient (Wildman–Crippen LogP) is 1.36. The highest BCUT2D eigenvalue weighted by Crippen LogP contribution is 2.15. The van der Waals surface area contributed by atoms with Crippen molar-refractivity contribution >= 4 is 26.8 Å². The maximum absolute atomic E-state index is 11.6. The second-order valence-electron chi connectivity index (χ2n) is 3.04. The van der Waals surface area contributed by atoms with Crippen LogP contribution >= 0.6 is 15.9 Å². The van der Waals surface area contributed by atoms with Crippen molar-refractivity contribution < 1.29 is 5.11 Å². The highest BCUT2D eigenvalue weighted by molar-refractivity contribution is 9.10. The SMILES string of the molecule is O=c1cc(O)c(=O)c2ccc(Br)cc2[nH]1. The van der Waals surface area contributed by atoms with Gasteiger partial charge in [-0.15, -0.1) is 0 Å². The standard InChI is InChI=1S/C10H6BrNO3/c11-5-1-2-6-7(3-5)12-9(14)4-8(13)10(6)15/h1-4H,(H,12,14)(H,13,15). The van der Waals surface area contributed by atoms with Crippen LogP contribution in [-0.4, -0.2) is 10.1 Å². The average molecular weight is 268 g/mol. The van der Waals surface area contributed by atoms with Crippen molar-refractivity contribution in [2.75, 3.05) is 0 Å². The number of benzene rings is 1. The molecule has 0 bridgehead atoms. The maximum Gasteiger partial charge on any atom is 0.252 e. The molecule has 1 heterocycles. The fraction of sp³-hybridized carbons (Fsp3) is 0. The zero-order chi connectivity index (χ0) is 11.0. The third-order valence-corrected chi connectivity index (χ3v) is 2.48.